The normalized spacial score (nSPS) is 17.3. The Kier molecular flexibility index (Phi) is 5.33. The summed E-state index contributed by atoms with van der Waals surface area (Å²) in [6.45, 7) is 3.11. The molecule has 0 aliphatic carbocycles. The average Bonchev–Trinajstić information content (AvgIpc) is 2.74. The molecule has 28 heavy (non-hydrogen) atoms. The quantitative estimate of drug-likeness (QED) is 0.891. The Morgan fingerprint density at radius 2 is 1.68 bits per heavy atom. The van der Waals surface area contributed by atoms with Crippen molar-refractivity contribution in [2.45, 2.75) is 32.2 Å². The number of carbonyl (C=O) groups is 2. The van der Waals surface area contributed by atoms with Crippen molar-refractivity contribution in [3.05, 3.63) is 65.2 Å². The van der Waals surface area contributed by atoms with Crippen LogP contribution >= 0.6 is 0 Å². The fourth-order valence-electron chi connectivity index (χ4n) is 4.30. The summed E-state index contributed by atoms with van der Waals surface area (Å²) in [7, 11) is 0. The van der Waals surface area contributed by atoms with Crippen LogP contribution in [0.15, 0.2) is 48.5 Å². The first-order valence-corrected chi connectivity index (χ1v) is 10.1. The van der Waals surface area contributed by atoms with Crippen LogP contribution in [0.2, 0.25) is 0 Å². The van der Waals surface area contributed by atoms with Gasteiger partial charge in [0.25, 0.3) is 5.91 Å². The van der Waals surface area contributed by atoms with Crippen LogP contribution in [0.5, 0.6) is 0 Å². The van der Waals surface area contributed by atoms with Gasteiger partial charge in [-0.25, -0.2) is 0 Å². The lowest BCUT2D eigenvalue weighted by atomic mass is 9.96. The minimum atomic E-state index is -0.254. The van der Waals surface area contributed by atoms with Crippen molar-refractivity contribution >= 4 is 17.5 Å². The van der Waals surface area contributed by atoms with Gasteiger partial charge in [-0.2, -0.15) is 0 Å². The Hall–Kier alpha value is -2.82. The molecule has 1 fully saturated rings. The summed E-state index contributed by atoms with van der Waals surface area (Å²) in [5.74, 6) is -0.313. The molecule has 146 valence electrons. The number of anilines is 1. The molecule has 1 saturated heterocycles. The monoisotopic (exact) mass is 377 g/mol. The number of aryl methyl sites for hydroxylation is 1. The smallest absolute Gasteiger partial charge is 0.253 e. The van der Waals surface area contributed by atoms with Crippen molar-refractivity contribution in [1.29, 1.82) is 0 Å². The van der Waals surface area contributed by atoms with Gasteiger partial charge in [0.15, 0.2) is 0 Å². The summed E-state index contributed by atoms with van der Waals surface area (Å²) in [5.41, 5.74) is 10.0. The van der Waals surface area contributed by atoms with Crippen LogP contribution in [0.3, 0.4) is 0 Å². The number of primary amides is 1. The predicted octanol–water partition coefficient (Wildman–Crippen LogP) is 2.98. The summed E-state index contributed by atoms with van der Waals surface area (Å²) in [4.78, 5) is 28.3. The van der Waals surface area contributed by atoms with Crippen molar-refractivity contribution < 1.29 is 9.59 Å². The molecule has 5 nitrogen and oxygen atoms in total. The van der Waals surface area contributed by atoms with E-state index >= 15 is 0 Å². The molecular formula is C23H27N3O2. The highest BCUT2D eigenvalue weighted by molar-refractivity contribution is 5.94. The minimum Gasteiger partial charge on any atom is -0.369 e. The van der Waals surface area contributed by atoms with E-state index in [0.29, 0.717) is 31.5 Å². The largest absolute Gasteiger partial charge is 0.369 e. The standard InChI is InChI=1S/C23H27N3O2/c24-22(27)19-11-14-25(15-12-19)23(28)20-9-7-17(8-10-20)16-26-13-3-5-18-4-1-2-6-21(18)26/h1-2,4,6-10,19H,3,5,11-16H2,(H2,24,27). The average molecular weight is 377 g/mol. The molecule has 2 amide bonds. The second-order valence-electron chi connectivity index (χ2n) is 7.82. The number of para-hydroxylation sites is 1. The van der Waals surface area contributed by atoms with Gasteiger partial charge in [-0.05, 0) is 55.0 Å². The van der Waals surface area contributed by atoms with Gasteiger partial charge in [0.1, 0.15) is 0 Å². The zero-order valence-corrected chi connectivity index (χ0v) is 16.1. The molecule has 4 rings (SSSR count). The maximum absolute atomic E-state index is 12.7. The number of hydrogen-bond donors (Lipinski definition) is 1. The van der Waals surface area contributed by atoms with Crippen molar-refractivity contribution in [3.63, 3.8) is 0 Å². The molecule has 0 radical (unpaired) electrons. The lowest BCUT2D eigenvalue weighted by molar-refractivity contribution is -0.123. The van der Waals surface area contributed by atoms with Crippen LogP contribution in [-0.4, -0.2) is 36.3 Å². The second kappa shape index (κ2) is 8.05. The lowest BCUT2D eigenvalue weighted by Gasteiger charge is -2.32. The summed E-state index contributed by atoms with van der Waals surface area (Å²) < 4.78 is 0. The van der Waals surface area contributed by atoms with Gasteiger partial charge < -0.3 is 15.5 Å². The Morgan fingerprint density at radius 1 is 0.964 bits per heavy atom. The fraction of sp³-hybridized carbons (Fsp3) is 0.391. The molecule has 0 atom stereocenters. The van der Waals surface area contributed by atoms with Crippen molar-refractivity contribution in [1.82, 2.24) is 4.90 Å². The topological polar surface area (TPSA) is 66.6 Å². The van der Waals surface area contributed by atoms with Crippen molar-refractivity contribution in [2.75, 3.05) is 24.5 Å². The first kappa shape index (κ1) is 18.5. The number of nitrogens with zero attached hydrogens (tertiary/aromatic N) is 2. The molecule has 2 aromatic carbocycles. The number of amides is 2. The number of rotatable bonds is 4. The zero-order valence-electron chi connectivity index (χ0n) is 16.1. The molecular weight excluding hydrogens is 350 g/mol. The molecule has 2 aliphatic heterocycles. The molecule has 0 aromatic heterocycles. The number of fused-ring (bicyclic) bond motifs is 1. The van der Waals surface area contributed by atoms with Crippen LogP contribution in [0.1, 0.15) is 40.7 Å². The van der Waals surface area contributed by atoms with Crippen molar-refractivity contribution in [3.8, 4) is 0 Å². The maximum Gasteiger partial charge on any atom is 0.253 e. The number of benzene rings is 2. The van der Waals surface area contributed by atoms with E-state index in [-0.39, 0.29) is 17.7 Å². The van der Waals surface area contributed by atoms with Crippen LogP contribution < -0.4 is 10.6 Å². The first-order valence-electron chi connectivity index (χ1n) is 10.1. The predicted molar refractivity (Wildman–Crippen MR) is 110 cm³/mol. The SMILES string of the molecule is NC(=O)C1CCN(C(=O)c2ccc(CN3CCCc4ccccc43)cc2)CC1. The van der Waals surface area contributed by atoms with Gasteiger partial charge in [-0.3, -0.25) is 9.59 Å². The Labute approximate surface area is 166 Å². The summed E-state index contributed by atoms with van der Waals surface area (Å²) in [5, 5.41) is 0. The number of likely N-dealkylation sites (tertiary alicyclic amines) is 1. The molecule has 2 N–H and O–H groups in total. The van der Waals surface area contributed by atoms with Gasteiger partial charge in [0, 0.05) is 43.3 Å². The van der Waals surface area contributed by atoms with Gasteiger partial charge in [-0.1, -0.05) is 30.3 Å². The Bertz CT molecular complexity index is 854. The second-order valence-corrected chi connectivity index (χ2v) is 7.82. The third-order valence-electron chi connectivity index (χ3n) is 5.97. The number of carbonyl (C=O) groups excluding carboxylic acids is 2. The van der Waals surface area contributed by atoms with Crippen molar-refractivity contribution in [2.24, 2.45) is 11.7 Å². The van der Waals surface area contributed by atoms with Gasteiger partial charge in [-0.15, -0.1) is 0 Å². The molecule has 0 saturated carbocycles. The van der Waals surface area contributed by atoms with Gasteiger partial charge in [0.2, 0.25) is 5.91 Å². The summed E-state index contributed by atoms with van der Waals surface area (Å²) in [6, 6.07) is 16.6. The van der Waals surface area contributed by atoms with E-state index in [0.717, 1.165) is 19.5 Å². The highest BCUT2D eigenvalue weighted by Crippen LogP contribution is 2.28. The lowest BCUT2D eigenvalue weighted by Crippen LogP contribution is -2.41. The third kappa shape index (κ3) is 3.88. The van der Waals surface area contributed by atoms with Gasteiger partial charge >= 0.3 is 0 Å². The number of piperidine rings is 1. The molecule has 0 spiro atoms. The third-order valence-corrected chi connectivity index (χ3v) is 5.97. The maximum atomic E-state index is 12.7. The van der Waals surface area contributed by atoms with E-state index in [4.69, 9.17) is 5.73 Å². The van der Waals surface area contributed by atoms with Crippen LogP contribution in [0, 0.1) is 5.92 Å². The zero-order chi connectivity index (χ0) is 19.5. The van der Waals surface area contributed by atoms with Crippen LogP contribution in [-0.2, 0) is 17.8 Å². The van der Waals surface area contributed by atoms with E-state index in [1.165, 1.54) is 23.2 Å². The molecule has 5 heteroatoms. The molecule has 2 heterocycles. The highest BCUT2D eigenvalue weighted by atomic mass is 16.2. The summed E-state index contributed by atoms with van der Waals surface area (Å²) >= 11 is 0. The minimum absolute atomic E-state index is 0.0396. The molecule has 0 bridgehead atoms. The fourth-order valence-corrected chi connectivity index (χ4v) is 4.30. The van der Waals surface area contributed by atoms with E-state index in [1.54, 1.807) is 0 Å². The molecule has 2 aromatic rings. The Balaban J connectivity index is 1.39. The highest BCUT2D eigenvalue weighted by Gasteiger charge is 2.26. The summed E-state index contributed by atoms with van der Waals surface area (Å²) in [6.07, 6.45) is 3.64. The number of hydrogen-bond acceptors (Lipinski definition) is 3. The van der Waals surface area contributed by atoms with E-state index in [1.807, 2.05) is 17.0 Å². The van der Waals surface area contributed by atoms with Crippen LogP contribution in [0.4, 0.5) is 5.69 Å². The van der Waals surface area contributed by atoms with E-state index in [2.05, 4.69) is 41.3 Å². The van der Waals surface area contributed by atoms with Crippen LogP contribution in [0.25, 0.3) is 0 Å². The molecule has 2 aliphatic rings. The first-order chi connectivity index (χ1) is 13.6. The van der Waals surface area contributed by atoms with E-state index < -0.39 is 0 Å². The Morgan fingerprint density at radius 3 is 2.39 bits per heavy atom. The molecule has 0 unspecified atom stereocenters. The van der Waals surface area contributed by atoms with E-state index in [9.17, 15) is 9.59 Å². The van der Waals surface area contributed by atoms with Gasteiger partial charge in [0.05, 0.1) is 0 Å². The number of nitrogens with two attached hydrogens (primary N) is 1.